The van der Waals surface area contributed by atoms with E-state index in [0.29, 0.717) is 5.75 Å². The third kappa shape index (κ3) is 4.04. The third-order valence-corrected chi connectivity index (χ3v) is 3.97. The van der Waals surface area contributed by atoms with Crippen molar-refractivity contribution in [1.29, 1.82) is 0 Å². The lowest BCUT2D eigenvalue weighted by molar-refractivity contribution is -0.139. The van der Waals surface area contributed by atoms with Gasteiger partial charge in [0.25, 0.3) is 0 Å². The number of carbonyl (C=O) groups is 1. The molecule has 25 heavy (non-hydrogen) atoms. The topological polar surface area (TPSA) is 58.9 Å². The highest BCUT2D eigenvalue weighted by Gasteiger charge is 2.08. The first-order chi connectivity index (χ1) is 12.2. The van der Waals surface area contributed by atoms with Gasteiger partial charge in [0.15, 0.2) is 6.61 Å². The molecule has 0 spiro atoms. The van der Waals surface area contributed by atoms with Crippen LogP contribution in [0.4, 0.5) is 5.69 Å². The molecular formula is C21H19NO3. The number of aliphatic imine (C=N–C) groups is 1. The molecule has 0 atom stereocenters. The van der Waals surface area contributed by atoms with Crippen LogP contribution in [0.25, 0.3) is 10.8 Å². The second-order valence-corrected chi connectivity index (χ2v) is 5.66. The van der Waals surface area contributed by atoms with Gasteiger partial charge in [-0.05, 0) is 41.0 Å². The molecule has 0 bridgehead atoms. The predicted molar refractivity (Wildman–Crippen MR) is 100 cm³/mol. The van der Waals surface area contributed by atoms with Gasteiger partial charge in [-0.2, -0.15) is 0 Å². The van der Waals surface area contributed by atoms with Crippen molar-refractivity contribution in [2.45, 2.75) is 13.3 Å². The Morgan fingerprint density at radius 1 is 1.08 bits per heavy atom. The Kier molecular flexibility index (Phi) is 5.09. The van der Waals surface area contributed by atoms with E-state index in [1.54, 1.807) is 12.3 Å². The number of ether oxygens (including phenoxy) is 1. The maximum atomic E-state index is 10.8. The van der Waals surface area contributed by atoms with E-state index in [1.807, 2.05) is 42.5 Å². The third-order valence-electron chi connectivity index (χ3n) is 3.97. The van der Waals surface area contributed by atoms with Gasteiger partial charge in [-0.3, -0.25) is 4.99 Å². The molecule has 4 heteroatoms. The molecule has 3 aromatic rings. The summed E-state index contributed by atoms with van der Waals surface area (Å²) < 4.78 is 5.44. The van der Waals surface area contributed by atoms with Crippen molar-refractivity contribution in [1.82, 2.24) is 0 Å². The van der Waals surface area contributed by atoms with Gasteiger partial charge in [0, 0.05) is 11.8 Å². The fourth-order valence-corrected chi connectivity index (χ4v) is 2.63. The summed E-state index contributed by atoms with van der Waals surface area (Å²) in [4.78, 5) is 15.4. The zero-order valence-electron chi connectivity index (χ0n) is 14.0. The molecule has 0 saturated heterocycles. The van der Waals surface area contributed by atoms with Gasteiger partial charge in [0.2, 0.25) is 0 Å². The summed E-state index contributed by atoms with van der Waals surface area (Å²) in [5, 5.41) is 10.9. The minimum absolute atomic E-state index is 0.385. The smallest absolute Gasteiger partial charge is 0.341 e. The number of fused-ring (bicyclic) bond motifs is 1. The molecule has 0 aliphatic heterocycles. The van der Waals surface area contributed by atoms with Gasteiger partial charge in [0.05, 0.1) is 5.69 Å². The summed E-state index contributed by atoms with van der Waals surface area (Å²) in [6.07, 6.45) is 2.72. The molecule has 0 radical (unpaired) electrons. The predicted octanol–water partition coefficient (Wildman–Crippen LogP) is 4.62. The molecule has 0 aliphatic rings. The Balaban J connectivity index is 2.00. The summed E-state index contributed by atoms with van der Waals surface area (Å²) in [5.41, 5.74) is 2.88. The van der Waals surface area contributed by atoms with E-state index >= 15 is 0 Å². The maximum absolute atomic E-state index is 10.8. The van der Waals surface area contributed by atoms with E-state index in [2.05, 4.69) is 24.0 Å². The number of rotatable bonds is 6. The first-order valence-electron chi connectivity index (χ1n) is 8.16. The fourth-order valence-electron chi connectivity index (χ4n) is 2.63. The van der Waals surface area contributed by atoms with Gasteiger partial charge in [-0.1, -0.05) is 49.4 Å². The van der Waals surface area contributed by atoms with Crippen molar-refractivity contribution in [3.8, 4) is 5.75 Å². The first-order valence-corrected chi connectivity index (χ1v) is 8.16. The van der Waals surface area contributed by atoms with Crippen molar-refractivity contribution in [3.63, 3.8) is 0 Å². The lowest BCUT2D eigenvalue weighted by atomic mass is 10.0. The fraction of sp³-hybridized carbons (Fsp3) is 0.143. The number of hydrogen-bond acceptors (Lipinski definition) is 3. The number of nitrogens with zero attached hydrogens (tertiary/aromatic N) is 1. The Morgan fingerprint density at radius 3 is 2.56 bits per heavy atom. The molecule has 0 saturated carbocycles. The van der Waals surface area contributed by atoms with Crippen molar-refractivity contribution >= 4 is 28.6 Å². The van der Waals surface area contributed by atoms with Crippen molar-refractivity contribution < 1.29 is 14.6 Å². The molecule has 0 amide bonds. The summed E-state index contributed by atoms with van der Waals surface area (Å²) >= 11 is 0. The van der Waals surface area contributed by atoms with Crippen LogP contribution in [0.15, 0.2) is 65.7 Å². The Labute approximate surface area is 146 Å². The van der Waals surface area contributed by atoms with E-state index in [0.717, 1.165) is 28.4 Å². The van der Waals surface area contributed by atoms with Gasteiger partial charge in [-0.25, -0.2) is 4.79 Å². The van der Waals surface area contributed by atoms with E-state index < -0.39 is 5.97 Å². The summed E-state index contributed by atoms with van der Waals surface area (Å²) in [6.45, 7) is 1.73. The molecule has 126 valence electrons. The van der Waals surface area contributed by atoms with Crippen LogP contribution >= 0.6 is 0 Å². The highest BCUT2D eigenvalue weighted by molar-refractivity contribution is 6.03. The average Bonchev–Trinajstić information content (AvgIpc) is 2.65. The largest absolute Gasteiger partial charge is 0.481 e. The van der Waals surface area contributed by atoms with E-state index in [4.69, 9.17) is 9.84 Å². The monoisotopic (exact) mass is 333 g/mol. The summed E-state index contributed by atoms with van der Waals surface area (Å²) in [5.74, 6) is -0.499. The van der Waals surface area contributed by atoms with E-state index in [-0.39, 0.29) is 6.61 Å². The molecule has 3 aromatic carbocycles. The minimum Gasteiger partial charge on any atom is -0.481 e. The maximum Gasteiger partial charge on any atom is 0.341 e. The Bertz CT molecular complexity index is 914. The van der Waals surface area contributed by atoms with Crippen LogP contribution < -0.4 is 4.74 Å². The normalized spacial score (nSPS) is 11.1. The lowest BCUT2D eigenvalue weighted by Crippen LogP contribution is -2.10. The average molecular weight is 333 g/mol. The number of benzene rings is 3. The highest BCUT2D eigenvalue weighted by atomic mass is 16.5. The van der Waals surface area contributed by atoms with Crippen LogP contribution in [0, 0.1) is 0 Å². The molecule has 0 aliphatic carbocycles. The molecular weight excluding hydrogens is 314 g/mol. The lowest BCUT2D eigenvalue weighted by Gasteiger charge is -2.10. The summed E-state index contributed by atoms with van der Waals surface area (Å²) in [6, 6.07) is 19.6. The van der Waals surface area contributed by atoms with Crippen LogP contribution in [0.3, 0.4) is 0 Å². The highest BCUT2D eigenvalue weighted by Crippen LogP contribution is 2.27. The molecule has 0 unspecified atom stereocenters. The van der Waals surface area contributed by atoms with Crippen molar-refractivity contribution in [3.05, 3.63) is 71.8 Å². The number of aliphatic carboxylic acids is 1. The zero-order chi connectivity index (χ0) is 17.6. The van der Waals surface area contributed by atoms with Crippen LogP contribution in [-0.4, -0.2) is 23.9 Å². The second-order valence-electron chi connectivity index (χ2n) is 5.66. The number of hydrogen-bond donors (Lipinski definition) is 1. The molecule has 0 fully saturated rings. The minimum atomic E-state index is -1.01. The van der Waals surface area contributed by atoms with Crippen LogP contribution in [-0.2, 0) is 11.2 Å². The molecule has 0 heterocycles. The van der Waals surface area contributed by atoms with Crippen molar-refractivity contribution in [2.24, 2.45) is 4.99 Å². The summed E-state index contributed by atoms with van der Waals surface area (Å²) in [7, 11) is 0. The van der Waals surface area contributed by atoms with Crippen LogP contribution in [0.1, 0.15) is 18.1 Å². The van der Waals surface area contributed by atoms with Crippen molar-refractivity contribution in [2.75, 3.05) is 6.61 Å². The Morgan fingerprint density at radius 2 is 1.84 bits per heavy atom. The number of carboxylic acid groups (broad SMARTS) is 1. The molecule has 1 N–H and O–H groups in total. The van der Waals surface area contributed by atoms with Gasteiger partial charge < -0.3 is 9.84 Å². The SMILES string of the molecule is CCc1ccc(N=Cc2c(OCC(=O)O)ccc3ccccc23)cc1. The second kappa shape index (κ2) is 7.62. The quantitative estimate of drug-likeness (QED) is 0.670. The molecule has 0 aromatic heterocycles. The van der Waals surface area contributed by atoms with E-state index in [1.165, 1.54) is 5.56 Å². The standard InChI is InChI=1S/C21H19NO3/c1-2-15-7-10-17(11-8-15)22-13-19-18-6-4-3-5-16(18)9-12-20(19)25-14-21(23)24/h3-13H,2,14H2,1H3,(H,23,24). The van der Waals surface area contributed by atoms with Crippen LogP contribution in [0.2, 0.25) is 0 Å². The zero-order valence-corrected chi connectivity index (χ0v) is 14.0. The molecule has 4 nitrogen and oxygen atoms in total. The van der Waals surface area contributed by atoms with Gasteiger partial charge in [0.1, 0.15) is 5.75 Å². The van der Waals surface area contributed by atoms with Gasteiger partial charge in [-0.15, -0.1) is 0 Å². The van der Waals surface area contributed by atoms with Gasteiger partial charge >= 0.3 is 5.97 Å². The Hall–Kier alpha value is -3.14. The van der Waals surface area contributed by atoms with Crippen LogP contribution in [0.5, 0.6) is 5.75 Å². The number of aryl methyl sites for hydroxylation is 1. The first kappa shape index (κ1) is 16.7. The number of carboxylic acids is 1. The molecule has 3 rings (SSSR count). The van der Waals surface area contributed by atoms with E-state index in [9.17, 15) is 4.79 Å².